The molecule has 31 heavy (non-hydrogen) atoms. The van der Waals surface area contributed by atoms with Crippen molar-refractivity contribution in [1.82, 2.24) is 10.6 Å². The summed E-state index contributed by atoms with van der Waals surface area (Å²) in [6.45, 7) is 5.76. The number of hydrogen-bond acceptors (Lipinski definition) is 5. The molecule has 0 spiro atoms. The number of amides is 2. The Hall–Kier alpha value is -3.19. The van der Waals surface area contributed by atoms with Gasteiger partial charge in [0, 0.05) is 0 Å². The van der Waals surface area contributed by atoms with Crippen LogP contribution in [0.25, 0.3) is 5.70 Å². The second kappa shape index (κ2) is 9.75. The third-order valence-corrected chi connectivity index (χ3v) is 4.85. The van der Waals surface area contributed by atoms with E-state index in [0.717, 1.165) is 0 Å². The zero-order valence-electron chi connectivity index (χ0n) is 17.8. The molecule has 2 aromatic carbocycles. The van der Waals surface area contributed by atoms with Gasteiger partial charge >= 0.3 is 12.0 Å². The highest BCUT2D eigenvalue weighted by molar-refractivity contribution is 6.32. The summed E-state index contributed by atoms with van der Waals surface area (Å²) in [6, 6.07) is 11.2. The number of ether oxygens (including phenoxy) is 3. The van der Waals surface area contributed by atoms with Crippen molar-refractivity contribution >= 4 is 29.3 Å². The second-order valence-corrected chi connectivity index (χ2v) is 7.51. The molecule has 1 atom stereocenters. The van der Waals surface area contributed by atoms with Crippen LogP contribution in [0.15, 0.2) is 48.0 Å². The van der Waals surface area contributed by atoms with Crippen molar-refractivity contribution in [2.24, 2.45) is 0 Å². The minimum Gasteiger partial charge on any atom is -0.491 e. The van der Waals surface area contributed by atoms with E-state index in [9.17, 15) is 9.59 Å². The summed E-state index contributed by atoms with van der Waals surface area (Å²) in [4.78, 5) is 25.7. The number of urea groups is 1. The standard InChI is InChI=1S/C23H25ClN2O5/c1-5-30-17-12-15(11-16(24)21(17)29-4)20-18(22(27)31-13(2)3)19(25-23(28)26-20)14-9-7-6-8-10-14/h6-13,20H,5H2,1-4H3,(H2,25,26,28). The molecule has 0 saturated carbocycles. The van der Waals surface area contributed by atoms with Crippen LogP contribution in [0.3, 0.4) is 0 Å². The zero-order valence-corrected chi connectivity index (χ0v) is 18.6. The molecule has 1 aliphatic heterocycles. The Bertz CT molecular complexity index is 1000. The molecule has 2 N–H and O–H groups in total. The number of carbonyl (C=O) groups excluding carboxylic acids is 2. The number of methoxy groups -OCH3 is 1. The number of esters is 1. The third kappa shape index (κ3) is 4.94. The van der Waals surface area contributed by atoms with Gasteiger partial charge in [0.2, 0.25) is 0 Å². The van der Waals surface area contributed by atoms with Gasteiger partial charge in [-0.3, -0.25) is 0 Å². The van der Waals surface area contributed by atoms with Crippen molar-refractivity contribution < 1.29 is 23.8 Å². The highest BCUT2D eigenvalue weighted by atomic mass is 35.5. The number of hydrogen-bond donors (Lipinski definition) is 2. The van der Waals surface area contributed by atoms with E-state index < -0.39 is 18.0 Å². The SMILES string of the molecule is CCOc1cc(C2NC(=O)NC(c3ccccc3)=C2C(=O)OC(C)C)cc(Cl)c1OC. The first kappa shape index (κ1) is 22.5. The lowest BCUT2D eigenvalue weighted by Crippen LogP contribution is -2.45. The Morgan fingerprint density at radius 3 is 2.52 bits per heavy atom. The Morgan fingerprint density at radius 1 is 1.19 bits per heavy atom. The van der Waals surface area contributed by atoms with Gasteiger partial charge < -0.3 is 24.8 Å². The molecule has 164 valence electrons. The van der Waals surface area contributed by atoms with Gasteiger partial charge in [0.15, 0.2) is 11.5 Å². The smallest absolute Gasteiger partial charge is 0.338 e. The van der Waals surface area contributed by atoms with Crippen LogP contribution >= 0.6 is 11.6 Å². The highest BCUT2D eigenvalue weighted by Crippen LogP contribution is 2.41. The topological polar surface area (TPSA) is 85.9 Å². The quantitative estimate of drug-likeness (QED) is 0.615. The first-order chi connectivity index (χ1) is 14.8. The van der Waals surface area contributed by atoms with Crippen LogP contribution in [0.4, 0.5) is 4.79 Å². The Labute approximate surface area is 186 Å². The molecule has 3 rings (SSSR count). The molecule has 0 fully saturated rings. The van der Waals surface area contributed by atoms with Crippen LogP contribution in [0.2, 0.25) is 5.02 Å². The van der Waals surface area contributed by atoms with Gasteiger partial charge in [-0.1, -0.05) is 41.9 Å². The predicted molar refractivity (Wildman–Crippen MR) is 118 cm³/mol. The molecule has 1 aliphatic rings. The van der Waals surface area contributed by atoms with Crippen molar-refractivity contribution in [2.45, 2.75) is 32.9 Å². The van der Waals surface area contributed by atoms with Crippen LogP contribution in [0.5, 0.6) is 11.5 Å². The number of carbonyl (C=O) groups is 2. The Kier molecular flexibility index (Phi) is 7.07. The van der Waals surface area contributed by atoms with Crippen molar-refractivity contribution in [3.8, 4) is 11.5 Å². The minimum absolute atomic E-state index is 0.267. The summed E-state index contributed by atoms with van der Waals surface area (Å²) in [6.07, 6.45) is -0.339. The van der Waals surface area contributed by atoms with Gasteiger partial charge in [-0.15, -0.1) is 0 Å². The van der Waals surface area contributed by atoms with Crippen molar-refractivity contribution in [1.29, 1.82) is 0 Å². The van der Waals surface area contributed by atoms with E-state index in [0.29, 0.717) is 40.0 Å². The first-order valence-electron chi connectivity index (χ1n) is 9.94. The predicted octanol–water partition coefficient (Wildman–Crippen LogP) is 4.46. The molecule has 1 unspecified atom stereocenters. The minimum atomic E-state index is -0.808. The van der Waals surface area contributed by atoms with Gasteiger partial charge in [0.1, 0.15) is 0 Å². The molecule has 2 aromatic rings. The van der Waals surface area contributed by atoms with E-state index >= 15 is 0 Å². The van der Waals surface area contributed by atoms with E-state index in [1.165, 1.54) is 7.11 Å². The van der Waals surface area contributed by atoms with Gasteiger partial charge in [-0.25, -0.2) is 9.59 Å². The molecule has 0 aliphatic carbocycles. The Balaban J connectivity index is 2.21. The van der Waals surface area contributed by atoms with Gasteiger partial charge in [0.25, 0.3) is 0 Å². The van der Waals surface area contributed by atoms with Crippen LogP contribution in [-0.4, -0.2) is 31.8 Å². The lowest BCUT2D eigenvalue weighted by molar-refractivity contribution is -0.143. The fourth-order valence-electron chi connectivity index (χ4n) is 3.36. The maximum Gasteiger partial charge on any atom is 0.338 e. The molecule has 8 heteroatoms. The number of benzene rings is 2. The molecule has 0 saturated heterocycles. The molecule has 0 aromatic heterocycles. The second-order valence-electron chi connectivity index (χ2n) is 7.11. The summed E-state index contributed by atoms with van der Waals surface area (Å²) in [7, 11) is 1.49. The monoisotopic (exact) mass is 444 g/mol. The van der Waals surface area contributed by atoms with E-state index in [1.807, 2.05) is 37.3 Å². The lowest BCUT2D eigenvalue weighted by atomic mass is 9.92. The average molecular weight is 445 g/mol. The van der Waals surface area contributed by atoms with Crippen LogP contribution in [0.1, 0.15) is 37.9 Å². The van der Waals surface area contributed by atoms with Crippen molar-refractivity contribution in [3.63, 3.8) is 0 Å². The van der Waals surface area contributed by atoms with Gasteiger partial charge in [0.05, 0.1) is 42.2 Å². The van der Waals surface area contributed by atoms with Crippen LogP contribution < -0.4 is 20.1 Å². The molecular weight excluding hydrogens is 420 g/mol. The molecule has 7 nitrogen and oxygen atoms in total. The lowest BCUT2D eigenvalue weighted by Gasteiger charge is -2.30. The van der Waals surface area contributed by atoms with Crippen molar-refractivity contribution in [3.05, 3.63) is 64.2 Å². The zero-order chi connectivity index (χ0) is 22.5. The molecule has 0 radical (unpaired) electrons. The summed E-state index contributed by atoms with van der Waals surface area (Å²) < 4.78 is 16.5. The summed E-state index contributed by atoms with van der Waals surface area (Å²) in [5.74, 6) is 0.250. The number of nitrogens with one attached hydrogen (secondary N) is 2. The van der Waals surface area contributed by atoms with E-state index in [2.05, 4.69) is 10.6 Å². The van der Waals surface area contributed by atoms with E-state index in [4.69, 9.17) is 25.8 Å². The fourth-order valence-corrected chi connectivity index (χ4v) is 3.66. The van der Waals surface area contributed by atoms with Crippen LogP contribution in [0, 0.1) is 0 Å². The summed E-state index contributed by atoms with van der Waals surface area (Å²) in [5.41, 5.74) is 1.89. The van der Waals surface area contributed by atoms with E-state index in [1.54, 1.807) is 26.0 Å². The van der Waals surface area contributed by atoms with Crippen molar-refractivity contribution in [2.75, 3.05) is 13.7 Å². The normalized spacial score (nSPS) is 15.9. The highest BCUT2D eigenvalue weighted by Gasteiger charge is 2.35. The maximum atomic E-state index is 13.1. The maximum absolute atomic E-state index is 13.1. The molecular formula is C23H25ClN2O5. The summed E-state index contributed by atoms with van der Waals surface area (Å²) in [5, 5.41) is 5.86. The van der Waals surface area contributed by atoms with E-state index in [-0.39, 0.29) is 11.7 Å². The number of halogens is 1. The molecule has 1 heterocycles. The summed E-state index contributed by atoms with van der Waals surface area (Å²) >= 11 is 6.43. The largest absolute Gasteiger partial charge is 0.491 e. The Morgan fingerprint density at radius 2 is 1.90 bits per heavy atom. The van der Waals surface area contributed by atoms with Gasteiger partial charge in [-0.2, -0.15) is 0 Å². The number of rotatable bonds is 7. The average Bonchev–Trinajstić information content (AvgIpc) is 2.73. The fraction of sp³-hybridized carbons (Fsp3) is 0.304. The third-order valence-electron chi connectivity index (χ3n) is 4.57. The van der Waals surface area contributed by atoms with Gasteiger partial charge in [-0.05, 0) is 44.0 Å². The molecule has 2 amide bonds. The van der Waals surface area contributed by atoms with Crippen LogP contribution in [-0.2, 0) is 9.53 Å². The first-order valence-corrected chi connectivity index (χ1v) is 10.3. The molecule has 0 bridgehead atoms.